The summed E-state index contributed by atoms with van der Waals surface area (Å²) in [5.41, 5.74) is 0. The fourth-order valence-electron chi connectivity index (χ4n) is 0.416. The van der Waals surface area contributed by atoms with Gasteiger partial charge in [-0.3, -0.25) is 0 Å². The van der Waals surface area contributed by atoms with Crippen LogP contribution in [0.25, 0.3) is 0 Å². The summed E-state index contributed by atoms with van der Waals surface area (Å²) >= 11 is 17.6. The Balaban J connectivity index is 3.80. The Labute approximate surface area is 80.5 Å². The predicted molar refractivity (Wildman–Crippen MR) is 50.0 cm³/mol. The van der Waals surface area contributed by atoms with Crippen LogP contribution in [0.4, 0.5) is 0 Å². The number of nitrogens with one attached hydrogen (secondary N) is 2. The van der Waals surface area contributed by atoms with E-state index in [1.807, 2.05) is 0 Å². The first-order valence-corrected chi connectivity index (χ1v) is 4.16. The lowest BCUT2D eigenvalue weighted by atomic mass is 11.1. The maximum atomic E-state index is 4.84. The Morgan fingerprint density at radius 1 is 1.10 bits per heavy atom. The number of hydrogen-bond donors (Lipinski definition) is 2. The summed E-state index contributed by atoms with van der Waals surface area (Å²) in [7, 11) is 0. The van der Waals surface area contributed by atoms with Gasteiger partial charge in [-0.05, 0) is 36.7 Å². The van der Waals surface area contributed by atoms with Crippen LogP contribution in [0.3, 0.4) is 0 Å². The van der Waals surface area contributed by atoms with E-state index in [2.05, 4.69) is 26.1 Å². The van der Waals surface area contributed by atoms with Crippen LogP contribution in [-0.2, 0) is 0 Å². The van der Waals surface area contributed by atoms with Gasteiger partial charge in [-0.1, -0.05) is 0 Å². The molecule has 1 rings (SSSR count). The number of aromatic nitrogens is 3. The molecule has 1 heterocycles. The molecule has 7 heteroatoms. The van der Waals surface area contributed by atoms with Crippen LogP contribution in [0.5, 0.6) is 0 Å². The van der Waals surface area contributed by atoms with E-state index in [0.717, 1.165) is 0 Å². The van der Waals surface area contributed by atoms with Crippen LogP contribution in [0.15, 0.2) is 0 Å². The van der Waals surface area contributed by atoms with E-state index in [9.17, 15) is 0 Å². The van der Waals surface area contributed by atoms with E-state index in [4.69, 9.17) is 36.7 Å². The zero-order chi connectivity index (χ0) is 7.72. The molecule has 0 saturated carbocycles. The summed E-state index contributed by atoms with van der Waals surface area (Å²) in [4.78, 5) is 5.41. The van der Waals surface area contributed by atoms with Gasteiger partial charge in [0, 0.05) is 0 Å². The van der Waals surface area contributed by atoms with Crippen molar-refractivity contribution in [2.75, 3.05) is 0 Å². The minimum absolute atomic E-state index is 0.436. The summed E-state index contributed by atoms with van der Waals surface area (Å²) in [5, 5.41) is 0. The standard InChI is InChI=1S/C3H2BrN3S3/c4-7-2(9)5-1(8)6-3(7)10/h(H2,5,6,8,9,10). The first-order chi connectivity index (χ1) is 4.61. The molecule has 3 nitrogen and oxygen atoms in total. The van der Waals surface area contributed by atoms with Crippen LogP contribution in [0, 0.1) is 14.3 Å². The second-order valence-corrected chi connectivity index (χ2v) is 3.36. The highest BCUT2D eigenvalue weighted by atomic mass is 79.9. The van der Waals surface area contributed by atoms with Gasteiger partial charge >= 0.3 is 0 Å². The number of halogens is 1. The van der Waals surface area contributed by atoms with Gasteiger partial charge in [0.2, 0.25) is 0 Å². The highest BCUT2D eigenvalue weighted by Gasteiger charge is 1.87. The van der Waals surface area contributed by atoms with Crippen molar-refractivity contribution in [3.8, 4) is 0 Å². The minimum Gasteiger partial charge on any atom is -0.308 e. The maximum absolute atomic E-state index is 4.84. The molecule has 0 spiro atoms. The molecule has 0 radical (unpaired) electrons. The van der Waals surface area contributed by atoms with Gasteiger partial charge < -0.3 is 9.97 Å². The normalized spacial score (nSPS) is 9.70. The Morgan fingerprint density at radius 3 is 1.90 bits per heavy atom. The molecule has 1 aromatic heterocycles. The van der Waals surface area contributed by atoms with E-state index < -0.39 is 0 Å². The average Bonchev–Trinajstić information content (AvgIpc) is 1.82. The molecule has 0 aromatic carbocycles. The average molecular weight is 256 g/mol. The molecule has 2 N–H and O–H groups in total. The third-order valence-electron chi connectivity index (χ3n) is 0.798. The number of hydrogen-bond acceptors (Lipinski definition) is 3. The quantitative estimate of drug-likeness (QED) is 0.700. The lowest BCUT2D eigenvalue weighted by Crippen LogP contribution is -1.93. The largest absolute Gasteiger partial charge is 0.308 e. The Kier molecular flexibility index (Phi) is 2.50. The van der Waals surface area contributed by atoms with Crippen molar-refractivity contribution < 1.29 is 0 Å². The topological polar surface area (TPSA) is 36.5 Å². The van der Waals surface area contributed by atoms with Gasteiger partial charge in [-0.2, -0.15) is 0 Å². The van der Waals surface area contributed by atoms with Crippen molar-refractivity contribution in [2.24, 2.45) is 0 Å². The van der Waals surface area contributed by atoms with Gasteiger partial charge in [0.1, 0.15) is 0 Å². The van der Waals surface area contributed by atoms with Crippen molar-refractivity contribution >= 4 is 52.8 Å². The van der Waals surface area contributed by atoms with Crippen molar-refractivity contribution in [3.63, 3.8) is 0 Å². The second kappa shape index (κ2) is 3.04. The fraction of sp³-hybridized carbons (Fsp3) is 0. The highest BCUT2D eigenvalue weighted by molar-refractivity contribution is 9.08. The molecule has 10 heavy (non-hydrogen) atoms. The lowest BCUT2D eigenvalue weighted by molar-refractivity contribution is 0.954. The summed E-state index contributed by atoms with van der Waals surface area (Å²) in [5.74, 6) is 0. The zero-order valence-corrected chi connectivity index (χ0v) is 8.59. The van der Waals surface area contributed by atoms with Crippen molar-refractivity contribution in [1.82, 2.24) is 13.6 Å². The van der Waals surface area contributed by atoms with E-state index in [0.29, 0.717) is 14.3 Å². The smallest absolute Gasteiger partial charge is 0.192 e. The Morgan fingerprint density at radius 2 is 1.50 bits per heavy atom. The SMILES string of the molecule is S=c1[nH]c(=S)n(Br)c(=S)[nH]1. The van der Waals surface area contributed by atoms with Crippen LogP contribution < -0.4 is 0 Å². The van der Waals surface area contributed by atoms with E-state index in [-0.39, 0.29) is 0 Å². The molecule has 54 valence electrons. The predicted octanol–water partition coefficient (Wildman–Crippen LogP) is 2.49. The third kappa shape index (κ3) is 1.60. The van der Waals surface area contributed by atoms with Crippen LogP contribution >= 0.6 is 52.8 Å². The Hall–Kier alpha value is 0.150. The van der Waals surface area contributed by atoms with E-state index >= 15 is 0 Å². The first kappa shape index (κ1) is 8.25. The van der Waals surface area contributed by atoms with Gasteiger partial charge in [0.15, 0.2) is 14.3 Å². The van der Waals surface area contributed by atoms with Crippen molar-refractivity contribution in [3.05, 3.63) is 14.3 Å². The number of H-pyrrole nitrogens is 2. The molecule has 0 fully saturated rings. The number of rotatable bonds is 0. The zero-order valence-electron chi connectivity index (χ0n) is 4.55. The summed E-state index contributed by atoms with van der Waals surface area (Å²) < 4.78 is 2.79. The molecular weight excluding hydrogens is 254 g/mol. The van der Waals surface area contributed by atoms with Gasteiger partial charge in [-0.15, -0.1) is 0 Å². The van der Waals surface area contributed by atoms with Gasteiger partial charge in [0.05, 0.1) is 16.1 Å². The molecule has 0 bridgehead atoms. The second-order valence-electron chi connectivity index (χ2n) is 1.47. The molecule has 0 aliphatic rings. The summed E-state index contributed by atoms with van der Waals surface area (Å²) in [6.45, 7) is 0. The molecule has 0 aliphatic carbocycles. The van der Waals surface area contributed by atoms with Crippen LogP contribution in [-0.4, -0.2) is 13.6 Å². The molecule has 0 aliphatic heterocycles. The molecule has 0 unspecified atom stereocenters. The van der Waals surface area contributed by atoms with Crippen molar-refractivity contribution in [2.45, 2.75) is 0 Å². The van der Waals surface area contributed by atoms with Crippen molar-refractivity contribution in [1.29, 1.82) is 0 Å². The Bertz CT molecular complexity index is 364. The van der Waals surface area contributed by atoms with Gasteiger partial charge in [0.25, 0.3) is 0 Å². The molecular formula is C3H2BrN3S3. The van der Waals surface area contributed by atoms with E-state index in [1.165, 1.54) is 3.59 Å². The summed E-state index contributed by atoms with van der Waals surface area (Å²) in [6, 6.07) is 0. The third-order valence-corrected chi connectivity index (χ3v) is 2.75. The van der Waals surface area contributed by atoms with E-state index in [1.54, 1.807) is 0 Å². The lowest BCUT2D eigenvalue weighted by Gasteiger charge is -1.93. The number of aromatic amines is 2. The molecule has 0 amide bonds. The molecule has 0 atom stereocenters. The van der Waals surface area contributed by atoms with Crippen LogP contribution in [0.2, 0.25) is 0 Å². The first-order valence-electron chi connectivity index (χ1n) is 2.23. The molecule has 0 saturated heterocycles. The van der Waals surface area contributed by atoms with Gasteiger partial charge in [-0.25, -0.2) is 3.59 Å². The molecule has 1 aromatic rings. The maximum Gasteiger partial charge on any atom is 0.192 e. The highest BCUT2D eigenvalue weighted by Crippen LogP contribution is 1.95. The number of nitrogens with zero attached hydrogens (tertiary/aromatic N) is 1. The monoisotopic (exact) mass is 255 g/mol. The van der Waals surface area contributed by atoms with Crippen LogP contribution in [0.1, 0.15) is 0 Å². The minimum atomic E-state index is 0.436. The summed E-state index contributed by atoms with van der Waals surface area (Å²) in [6.07, 6.45) is 0. The fourth-order valence-corrected chi connectivity index (χ4v) is 1.36.